The Labute approximate surface area is 127 Å². The maximum absolute atomic E-state index is 12.5. The summed E-state index contributed by atoms with van der Waals surface area (Å²) >= 11 is 6.04. The second kappa shape index (κ2) is 5.78. The van der Waals surface area contributed by atoms with E-state index in [1.807, 2.05) is 18.2 Å². The van der Waals surface area contributed by atoms with Crippen molar-refractivity contribution in [1.29, 1.82) is 0 Å². The van der Waals surface area contributed by atoms with E-state index in [9.17, 15) is 13.2 Å². The van der Waals surface area contributed by atoms with E-state index in [1.54, 1.807) is 6.07 Å². The third kappa shape index (κ3) is 3.35. The zero-order valence-electron chi connectivity index (χ0n) is 11.5. The highest BCUT2D eigenvalue weighted by Gasteiger charge is 2.44. The number of halogens is 4. The van der Waals surface area contributed by atoms with Crippen molar-refractivity contribution in [3.8, 4) is 0 Å². The smallest absolute Gasteiger partial charge is 0.304 e. The lowest BCUT2D eigenvalue weighted by molar-refractivity contribution is -0.131. The van der Waals surface area contributed by atoms with Crippen LogP contribution in [0.2, 0.25) is 5.02 Å². The van der Waals surface area contributed by atoms with E-state index in [0.29, 0.717) is 10.9 Å². The number of alkyl halides is 3. The standard InChI is InChI=1S/C15H18ClF3N2/c16-12-3-1-2-11(8-12)14-13(20-9-15(17,18)19)10-4-6-21(14)7-5-10/h1-3,8,10,13-14,20H,4-7,9H2. The third-order valence-electron chi connectivity index (χ3n) is 4.54. The lowest BCUT2D eigenvalue weighted by atomic mass is 9.76. The summed E-state index contributed by atoms with van der Waals surface area (Å²) in [6, 6.07) is 7.31. The van der Waals surface area contributed by atoms with Crippen molar-refractivity contribution in [3.05, 3.63) is 34.9 Å². The minimum atomic E-state index is -4.18. The maximum Gasteiger partial charge on any atom is 0.401 e. The fourth-order valence-corrected chi connectivity index (χ4v) is 3.86. The zero-order valence-corrected chi connectivity index (χ0v) is 12.3. The summed E-state index contributed by atoms with van der Waals surface area (Å²) in [5, 5.41) is 3.38. The molecule has 0 spiro atoms. The van der Waals surface area contributed by atoms with Crippen LogP contribution in [0.15, 0.2) is 24.3 Å². The Morgan fingerprint density at radius 2 is 1.95 bits per heavy atom. The van der Waals surface area contributed by atoms with Crippen LogP contribution in [-0.4, -0.2) is 36.8 Å². The number of fused-ring (bicyclic) bond motifs is 3. The molecule has 0 aliphatic carbocycles. The van der Waals surface area contributed by atoms with Gasteiger partial charge in [-0.3, -0.25) is 4.90 Å². The fourth-order valence-electron chi connectivity index (χ4n) is 3.66. The molecule has 0 aromatic heterocycles. The summed E-state index contributed by atoms with van der Waals surface area (Å²) < 4.78 is 37.6. The maximum atomic E-state index is 12.5. The molecule has 1 aromatic carbocycles. The highest BCUT2D eigenvalue weighted by Crippen LogP contribution is 2.41. The van der Waals surface area contributed by atoms with Gasteiger partial charge in [0.2, 0.25) is 0 Å². The van der Waals surface area contributed by atoms with Gasteiger partial charge < -0.3 is 5.32 Å². The van der Waals surface area contributed by atoms with Crippen LogP contribution in [-0.2, 0) is 0 Å². The predicted molar refractivity (Wildman–Crippen MR) is 76.3 cm³/mol. The number of rotatable bonds is 3. The van der Waals surface area contributed by atoms with Gasteiger partial charge in [-0.05, 0) is 49.5 Å². The first kappa shape index (κ1) is 15.1. The molecule has 1 aromatic rings. The van der Waals surface area contributed by atoms with Crippen LogP contribution in [0.25, 0.3) is 0 Å². The molecular weight excluding hydrogens is 301 g/mol. The Morgan fingerprint density at radius 1 is 1.24 bits per heavy atom. The molecule has 2 bridgehead atoms. The molecule has 2 atom stereocenters. The lowest BCUT2D eigenvalue weighted by Crippen LogP contribution is -2.59. The Hall–Kier alpha value is -0.780. The average Bonchev–Trinajstić information content (AvgIpc) is 2.45. The topological polar surface area (TPSA) is 15.3 Å². The van der Waals surface area contributed by atoms with Gasteiger partial charge in [-0.1, -0.05) is 23.7 Å². The van der Waals surface area contributed by atoms with Crippen LogP contribution < -0.4 is 5.32 Å². The van der Waals surface area contributed by atoms with Gasteiger partial charge in [0.15, 0.2) is 0 Å². The van der Waals surface area contributed by atoms with E-state index in [4.69, 9.17) is 11.6 Å². The van der Waals surface area contributed by atoms with Gasteiger partial charge in [0.1, 0.15) is 0 Å². The molecule has 2 unspecified atom stereocenters. The molecule has 0 amide bonds. The van der Waals surface area contributed by atoms with Gasteiger partial charge in [0, 0.05) is 11.1 Å². The Kier molecular flexibility index (Phi) is 4.17. The number of nitrogens with zero attached hydrogens (tertiary/aromatic N) is 1. The number of piperidine rings is 3. The minimum absolute atomic E-state index is 0.0152. The van der Waals surface area contributed by atoms with Gasteiger partial charge in [-0.25, -0.2) is 0 Å². The molecular formula is C15H18ClF3N2. The Bertz CT molecular complexity index is 498. The van der Waals surface area contributed by atoms with Crippen molar-refractivity contribution < 1.29 is 13.2 Å². The molecule has 2 nitrogen and oxygen atoms in total. The summed E-state index contributed by atoms with van der Waals surface area (Å²) in [7, 11) is 0. The number of nitrogens with one attached hydrogen (secondary N) is 1. The van der Waals surface area contributed by atoms with Gasteiger partial charge in [-0.15, -0.1) is 0 Å². The summed E-state index contributed by atoms with van der Waals surface area (Å²) in [5.41, 5.74) is 1.01. The molecule has 0 radical (unpaired) electrons. The van der Waals surface area contributed by atoms with Crippen molar-refractivity contribution >= 4 is 11.6 Å². The van der Waals surface area contributed by atoms with E-state index in [2.05, 4.69) is 10.2 Å². The number of benzene rings is 1. The van der Waals surface area contributed by atoms with E-state index in [-0.39, 0.29) is 12.1 Å². The fraction of sp³-hybridized carbons (Fsp3) is 0.600. The Morgan fingerprint density at radius 3 is 2.57 bits per heavy atom. The molecule has 3 fully saturated rings. The van der Waals surface area contributed by atoms with E-state index < -0.39 is 12.7 Å². The first-order valence-corrected chi connectivity index (χ1v) is 7.61. The Balaban J connectivity index is 1.84. The molecule has 3 heterocycles. The SMILES string of the molecule is FC(F)(F)CNC1C2CCN(CC2)C1c1cccc(Cl)c1. The monoisotopic (exact) mass is 318 g/mol. The first-order chi connectivity index (χ1) is 9.94. The van der Waals surface area contributed by atoms with E-state index in [1.165, 1.54) is 0 Å². The quantitative estimate of drug-likeness (QED) is 0.915. The molecule has 6 heteroatoms. The van der Waals surface area contributed by atoms with Gasteiger partial charge in [0.25, 0.3) is 0 Å². The molecule has 3 aliphatic heterocycles. The molecule has 3 saturated heterocycles. The summed E-state index contributed by atoms with van der Waals surface area (Å²) in [6.07, 6.45) is -2.25. The molecule has 0 saturated carbocycles. The molecule has 21 heavy (non-hydrogen) atoms. The summed E-state index contributed by atoms with van der Waals surface area (Å²) in [4.78, 5) is 2.28. The lowest BCUT2D eigenvalue weighted by Gasteiger charge is -2.51. The van der Waals surface area contributed by atoms with Crippen molar-refractivity contribution in [2.24, 2.45) is 5.92 Å². The molecule has 116 valence electrons. The largest absolute Gasteiger partial charge is 0.401 e. The van der Waals surface area contributed by atoms with Gasteiger partial charge >= 0.3 is 6.18 Å². The predicted octanol–water partition coefficient (Wildman–Crippen LogP) is 3.63. The van der Waals surface area contributed by atoms with Crippen molar-refractivity contribution in [2.75, 3.05) is 19.6 Å². The second-order valence-electron chi connectivity index (χ2n) is 5.90. The van der Waals surface area contributed by atoms with Crippen LogP contribution in [0.3, 0.4) is 0 Å². The van der Waals surface area contributed by atoms with Crippen LogP contribution in [0.4, 0.5) is 13.2 Å². The van der Waals surface area contributed by atoms with Crippen molar-refractivity contribution in [1.82, 2.24) is 10.2 Å². The van der Waals surface area contributed by atoms with Crippen LogP contribution >= 0.6 is 11.6 Å². The van der Waals surface area contributed by atoms with Crippen molar-refractivity contribution in [3.63, 3.8) is 0 Å². The van der Waals surface area contributed by atoms with Crippen molar-refractivity contribution in [2.45, 2.75) is 31.1 Å². The number of hydrogen-bond acceptors (Lipinski definition) is 2. The van der Waals surface area contributed by atoms with Crippen LogP contribution in [0, 0.1) is 5.92 Å². The van der Waals surface area contributed by atoms with Gasteiger partial charge in [-0.2, -0.15) is 13.2 Å². The highest BCUT2D eigenvalue weighted by molar-refractivity contribution is 6.30. The molecule has 1 N–H and O–H groups in total. The second-order valence-corrected chi connectivity index (χ2v) is 6.33. The molecule has 4 rings (SSSR count). The van der Waals surface area contributed by atoms with E-state index >= 15 is 0 Å². The molecule has 3 aliphatic rings. The number of hydrogen-bond donors (Lipinski definition) is 1. The minimum Gasteiger partial charge on any atom is -0.304 e. The van der Waals surface area contributed by atoms with E-state index in [0.717, 1.165) is 31.5 Å². The normalized spacial score (nSPS) is 32.4. The first-order valence-electron chi connectivity index (χ1n) is 7.24. The van der Waals surface area contributed by atoms with Crippen LogP contribution in [0.1, 0.15) is 24.4 Å². The average molecular weight is 319 g/mol. The highest BCUT2D eigenvalue weighted by atomic mass is 35.5. The zero-order chi connectivity index (χ0) is 15.0. The summed E-state index contributed by atoms with van der Waals surface area (Å²) in [5.74, 6) is 0.307. The van der Waals surface area contributed by atoms with Gasteiger partial charge in [0.05, 0.1) is 12.6 Å². The third-order valence-corrected chi connectivity index (χ3v) is 4.78. The summed E-state index contributed by atoms with van der Waals surface area (Å²) in [6.45, 7) is 0.969. The van der Waals surface area contributed by atoms with Crippen LogP contribution in [0.5, 0.6) is 0 Å².